The van der Waals surface area contributed by atoms with E-state index in [0.29, 0.717) is 22.5 Å². The summed E-state index contributed by atoms with van der Waals surface area (Å²) in [5.41, 5.74) is 9.80. The van der Waals surface area contributed by atoms with Crippen molar-refractivity contribution in [3.63, 3.8) is 0 Å². The van der Waals surface area contributed by atoms with Crippen LogP contribution in [0.25, 0.3) is 56.2 Å². The number of imide groups is 1. The molecule has 4 heteroatoms. The van der Waals surface area contributed by atoms with Gasteiger partial charge >= 0.3 is 0 Å². The summed E-state index contributed by atoms with van der Waals surface area (Å²) in [6, 6.07) is 49.9. The number of nitrogens with zero attached hydrogens (tertiary/aromatic N) is 2. The largest absolute Gasteiger partial charge is 0.307 e. The maximum absolute atomic E-state index is 14.6. The van der Waals surface area contributed by atoms with E-state index in [1.165, 1.54) is 4.90 Å². The third-order valence-corrected chi connectivity index (χ3v) is 8.90. The third kappa shape index (κ3) is 4.70. The molecule has 0 atom stereocenters. The lowest BCUT2D eigenvalue weighted by Gasteiger charge is -2.18. The van der Waals surface area contributed by atoms with Gasteiger partial charge in [0.15, 0.2) is 0 Å². The predicted molar refractivity (Wildman–Crippen MR) is 196 cm³/mol. The van der Waals surface area contributed by atoms with Crippen LogP contribution in [0.2, 0.25) is 0 Å². The number of hydrogen-bond donors (Lipinski definition) is 0. The number of carbonyl (C=O) groups is 2. The number of hydrogen-bond acceptors (Lipinski definition) is 2. The molecule has 0 aliphatic carbocycles. The summed E-state index contributed by atoms with van der Waals surface area (Å²) in [5.74, 6) is -0.688. The molecule has 1 aromatic heterocycles. The average molecular weight is 619 g/mol. The molecular weight excluding hydrogens is 588 g/mol. The Hall–Kier alpha value is -6.52. The first-order valence-corrected chi connectivity index (χ1v) is 15.9. The van der Waals surface area contributed by atoms with Crippen molar-refractivity contribution < 1.29 is 9.59 Å². The normalized spacial score (nSPS) is 12.6. The van der Waals surface area contributed by atoms with Crippen molar-refractivity contribution in [3.8, 4) is 39.2 Å². The molecule has 228 valence electrons. The molecule has 2 amide bonds. The molecule has 0 spiro atoms. The summed E-state index contributed by atoms with van der Waals surface area (Å²) >= 11 is 0. The molecule has 4 nitrogen and oxygen atoms in total. The highest BCUT2D eigenvalue weighted by Crippen LogP contribution is 2.44. The Labute approximate surface area is 279 Å². The molecule has 0 saturated carbocycles. The Morgan fingerprint density at radius 1 is 0.542 bits per heavy atom. The maximum Gasteiger partial charge on any atom is 0.268 e. The SMILES string of the molecule is C=C/C=C\c1c(-c2ccccc2)n(-c2cccc3c2C(=O)N(c2cccc(-c4ccccc4)c2)C3=O)c2c(-c3ccccc3)cccc12. The number of aromatic nitrogens is 1. The molecule has 2 heterocycles. The Morgan fingerprint density at radius 3 is 1.85 bits per heavy atom. The van der Waals surface area contributed by atoms with Crippen molar-refractivity contribution in [3.05, 3.63) is 187 Å². The Bertz CT molecular complexity index is 2390. The monoisotopic (exact) mass is 618 g/mol. The first kappa shape index (κ1) is 28.9. The summed E-state index contributed by atoms with van der Waals surface area (Å²) < 4.78 is 2.17. The molecule has 0 fully saturated rings. The van der Waals surface area contributed by atoms with Gasteiger partial charge in [0.1, 0.15) is 0 Å². The molecular formula is C44H30N2O2. The number of benzene rings is 6. The second-order valence-corrected chi connectivity index (χ2v) is 11.7. The standard InChI is InChI=1S/C44H30N2O2/c1-2-3-24-36-37-26-14-25-35(31-18-9-5-10-19-31)42(37)46(41(36)32-20-11-6-12-21-32)39-28-15-27-38-40(39)44(48)45(43(38)47)34-23-13-22-33(29-34)30-16-7-4-8-17-30/h2-29H,1H2/b24-3-. The summed E-state index contributed by atoms with van der Waals surface area (Å²) in [5, 5.41) is 1.02. The van der Waals surface area contributed by atoms with Gasteiger partial charge in [-0.15, -0.1) is 0 Å². The molecule has 0 bridgehead atoms. The zero-order valence-electron chi connectivity index (χ0n) is 26.1. The van der Waals surface area contributed by atoms with Crippen LogP contribution in [0, 0.1) is 0 Å². The van der Waals surface area contributed by atoms with Gasteiger partial charge in [-0.1, -0.05) is 152 Å². The van der Waals surface area contributed by atoms with Crippen LogP contribution >= 0.6 is 0 Å². The van der Waals surface area contributed by atoms with Crippen LogP contribution < -0.4 is 4.90 Å². The van der Waals surface area contributed by atoms with Crippen molar-refractivity contribution in [2.45, 2.75) is 0 Å². The lowest BCUT2D eigenvalue weighted by Crippen LogP contribution is -2.29. The lowest BCUT2D eigenvalue weighted by atomic mass is 10.0. The Kier molecular flexibility index (Phi) is 7.24. The highest BCUT2D eigenvalue weighted by atomic mass is 16.2. The number of rotatable bonds is 7. The second kappa shape index (κ2) is 12.0. The summed E-state index contributed by atoms with van der Waals surface area (Å²) in [7, 11) is 0. The highest BCUT2D eigenvalue weighted by Gasteiger charge is 2.40. The first-order valence-electron chi connectivity index (χ1n) is 15.9. The minimum atomic E-state index is -0.350. The van der Waals surface area contributed by atoms with E-state index in [-0.39, 0.29) is 11.8 Å². The van der Waals surface area contributed by atoms with Gasteiger partial charge in [-0.25, -0.2) is 4.90 Å². The lowest BCUT2D eigenvalue weighted by molar-refractivity contribution is 0.0926. The van der Waals surface area contributed by atoms with Crippen LogP contribution in [-0.2, 0) is 0 Å². The average Bonchev–Trinajstić information content (AvgIpc) is 3.62. The molecule has 8 rings (SSSR count). The van der Waals surface area contributed by atoms with Gasteiger partial charge in [0.2, 0.25) is 0 Å². The van der Waals surface area contributed by atoms with Gasteiger partial charge < -0.3 is 4.57 Å². The predicted octanol–water partition coefficient (Wildman–Crippen LogP) is 10.6. The van der Waals surface area contributed by atoms with Crippen LogP contribution in [-0.4, -0.2) is 16.4 Å². The fraction of sp³-hybridized carbons (Fsp3) is 0. The van der Waals surface area contributed by atoms with Crippen LogP contribution in [0.3, 0.4) is 0 Å². The van der Waals surface area contributed by atoms with Gasteiger partial charge in [-0.05, 0) is 46.5 Å². The van der Waals surface area contributed by atoms with Crippen molar-refractivity contribution in [2.75, 3.05) is 4.90 Å². The molecule has 48 heavy (non-hydrogen) atoms. The summed E-state index contributed by atoms with van der Waals surface area (Å²) in [6.07, 6.45) is 5.77. The number of amides is 2. The van der Waals surface area contributed by atoms with E-state index >= 15 is 0 Å². The van der Waals surface area contributed by atoms with E-state index in [9.17, 15) is 9.59 Å². The fourth-order valence-electron chi connectivity index (χ4n) is 6.81. The zero-order chi connectivity index (χ0) is 32.6. The molecule has 0 unspecified atom stereocenters. The van der Waals surface area contributed by atoms with E-state index in [1.807, 2.05) is 109 Å². The molecule has 6 aromatic carbocycles. The number of para-hydroxylation sites is 1. The number of anilines is 1. The van der Waals surface area contributed by atoms with E-state index < -0.39 is 0 Å². The number of fused-ring (bicyclic) bond motifs is 2. The van der Waals surface area contributed by atoms with Crippen LogP contribution in [0.4, 0.5) is 5.69 Å². The van der Waals surface area contributed by atoms with Crippen molar-refractivity contribution >= 4 is 34.5 Å². The molecule has 7 aromatic rings. The molecule has 0 radical (unpaired) electrons. The zero-order valence-corrected chi connectivity index (χ0v) is 26.1. The van der Waals surface area contributed by atoms with Gasteiger partial charge in [-0.2, -0.15) is 0 Å². The second-order valence-electron chi connectivity index (χ2n) is 11.7. The number of carbonyl (C=O) groups excluding carboxylic acids is 2. The fourth-order valence-corrected chi connectivity index (χ4v) is 6.81. The van der Waals surface area contributed by atoms with Crippen molar-refractivity contribution in [1.82, 2.24) is 4.57 Å². The minimum Gasteiger partial charge on any atom is -0.307 e. The summed E-state index contributed by atoms with van der Waals surface area (Å²) in [4.78, 5) is 30.1. The summed E-state index contributed by atoms with van der Waals surface area (Å²) in [6.45, 7) is 3.94. The topological polar surface area (TPSA) is 42.3 Å². The van der Waals surface area contributed by atoms with Gasteiger partial charge in [0, 0.05) is 16.5 Å². The molecule has 0 N–H and O–H groups in total. The van der Waals surface area contributed by atoms with Crippen LogP contribution in [0.1, 0.15) is 26.3 Å². The molecule has 0 saturated heterocycles. The van der Waals surface area contributed by atoms with E-state index in [4.69, 9.17) is 0 Å². The van der Waals surface area contributed by atoms with Gasteiger partial charge in [0.25, 0.3) is 11.8 Å². The highest BCUT2D eigenvalue weighted by molar-refractivity contribution is 6.35. The number of allylic oxidation sites excluding steroid dienone is 2. The van der Waals surface area contributed by atoms with Crippen molar-refractivity contribution in [2.24, 2.45) is 0 Å². The van der Waals surface area contributed by atoms with E-state index in [0.717, 1.165) is 50.0 Å². The smallest absolute Gasteiger partial charge is 0.268 e. The molecule has 1 aliphatic rings. The first-order chi connectivity index (χ1) is 23.7. The Morgan fingerprint density at radius 2 is 1.15 bits per heavy atom. The van der Waals surface area contributed by atoms with Crippen molar-refractivity contribution in [1.29, 1.82) is 0 Å². The quantitative estimate of drug-likeness (QED) is 0.132. The van der Waals surface area contributed by atoms with Crippen LogP contribution in [0.5, 0.6) is 0 Å². The van der Waals surface area contributed by atoms with Crippen LogP contribution in [0.15, 0.2) is 170 Å². The van der Waals surface area contributed by atoms with E-state index in [2.05, 4.69) is 59.7 Å². The Balaban J connectivity index is 1.41. The molecule has 1 aliphatic heterocycles. The van der Waals surface area contributed by atoms with Gasteiger partial charge in [-0.3, -0.25) is 9.59 Å². The minimum absolute atomic E-state index is 0.338. The van der Waals surface area contributed by atoms with E-state index in [1.54, 1.807) is 12.1 Å². The third-order valence-electron chi connectivity index (χ3n) is 8.90. The maximum atomic E-state index is 14.6. The van der Waals surface area contributed by atoms with Gasteiger partial charge in [0.05, 0.1) is 33.7 Å².